The monoisotopic (exact) mass is 259 g/mol. The van der Waals surface area contributed by atoms with Crippen molar-refractivity contribution in [1.82, 2.24) is 19.7 Å². The van der Waals surface area contributed by atoms with Gasteiger partial charge in [0.25, 0.3) is 0 Å². The zero-order chi connectivity index (χ0) is 13.5. The van der Waals surface area contributed by atoms with E-state index in [0.29, 0.717) is 6.54 Å². The summed E-state index contributed by atoms with van der Waals surface area (Å²) in [6.07, 6.45) is 2.73. The average molecular weight is 259 g/mol. The molecule has 0 unspecified atom stereocenters. The highest BCUT2D eigenvalue weighted by Gasteiger charge is 2.10. The van der Waals surface area contributed by atoms with Crippen LogP contribution in [-0.4, -0.2) is 32.8 Å². The second-order valence-electron chi connectivity index (χ2n) is 4.70. The molecule has 0 aliphatic heterocycles. The lowest BCUT2D eigenvalue weighted by molar-refractivity contribution is 0.246. The summed E-state index contributed by atoms with van der Waals surface area (Å²) in [7, 11) is 1.97. The Morgan fingerprint density at radius 1 is 1.21 bits per heavy atom. The van der Waals surface area contributed by atoms with Crippen LogP contribution in [0.15, 0.2) is 36.7 Å². The maximum absolute atomic E-state index is 5.61. The highest BCUT2D eigenvalue weighted by Crippen LogP contribution is 2.08. The number of benzene rings is 1. The highest BCUT2D eigenvalue weighted by atomic mass is 15.3. The summed E-state index contributed by atoms with van der Waals surface area (Å²) in [5, 5.41) is 8.07. The number of aryl methyl sites for hydroxylation is 1. The summed E-state index contributed by atoms with van der Waals surface area (Å²) in [5.41, 5.74) is 6.92. The average Bonchev–Trinajstić information content (AvgIpc) is 2.83. The second kappa shape index (κ2) is 7.01. The first-order valence-corrected chi connectivity index (χ1v) is 6.59. The maximum Gasteiger partial charge on any atom is 0.146 e. The molecule has 0 saturated heterocycles. The van der Waals surface area contributed by atoms with Crippen molar-refractivity contribution in [1.29, 1.82) is 0 Å². The van der Waals surface area contributed by atoms with Crippen molar-refractivity contribution in [2.75, 3.05) is 13.1 Å². The molecule has 0 aliphatic carbocycles. The van der Waals surface area contributed by atoms with Crippen LogP contribution in [0.2, 0.25) is 0 Å². The molecule has 0 radical (unpaired) electrons. The molecule has 0 spiro atoms. The van der Waals surface area contributed by atoms with Gasteiger partial charge in [0, 0.05) is 20.1 Å². The predicted octanol–water partition coefficient (Wildman–Crippen LogP) is 1.17. The van der Waals surface area contributed by atoms with E-state index in [1.54, 1.807) is 6.33 Å². The molecule has 0 saturated carbocycles. The van der Waals surface area contributed by atoms with Gasteiger partial charge in [-0.1, -0.05) is 30.3 Å². The molecule has 0 aliphatic rings. The lowest BCUT2D eigenvalue weighted by atomic mass is 10.2. The Morgan fingerprint density at radius 3 is 2.63 bits per heavy atom. The molecule has 2 N–H and O–H groups in total. The van der Waals surface area contributed by atoms with Gasteiger partial charge in [-0.05, 0) is 18.5 Å². The largest absolute Gasteiger partial charge is 0.330 e. The quantitative estimate of drug-likeness (QED) is 0.811. The topological polar surface area (TPSA) is 60.0 Å². The summed E-state index contributed by atoms with van der Waals surface area (Å²) in [6.45, 7) is 3.39. The molecule has 5 nitrogen and oxygen atoms in total. The van der Waals surface area contributed by atoms with Crippen molar-refractivity contribution in [2.24, 2.45) is 12.8 Å². The summed E-state index contributed by atoms with van der Waals surface area (Å²) in [4.78, 5) is 2.35. The van der Waals surface area contributed by atoms with E-state index in [1.807, 2.05) is 17.7 Å². The Labute approximate surface area is 114 Å². The van der Waals surface area contributed by atoms with E-state index < -0.39 is 0 Å². The van der Waals surface area contributed by atoms with Crippen LogP contribution >= 0.6 is 0 Å². The van der Waals surface area contributed by atoms with Crippen molar-refractivity contribution in [2.45, 2.75) is 19.5 Å². The van der Waals surface area contributed by atoms with Crippen molar-refractivity contribution in [3.8, 4) is 0 Å². The van der Waals surface area contributed by atoms with E-state index in [2.05, 4.69) is 39.4 Å². The van der Waals surface area contributed by atoms with Crippen LogP contribution in [0.1, 0.15) is 17.8 Å². The SMILES string of the molecule is Cn1cnnc1CN(CCCN)Cc1ccccc1. The fourth-order valence-electron chi connectivity index (χ4n) is 2.02. The van der Waals surface area contributed by atoms with E-state index in [1.165, 1.54) is 5.56 Å². The summed E-state index contributed by atoms with van der Waals surface area (Å²) in [6, 6.07) is 10.5. The first-order chi connectivity index (χ1) is 9.29. The molecular weight excluding hydrogens is 238 g/mol. The van der Waals surface area contributed by atoms with Gasteiger partial charge < -0.3 is 10.3 Å². The molecule has 19 heavy (non-hydrogen) atoms. The van der Waals surface area contributed by atoms with Gasteiger partial charge >= 0.3 is 0 Å². The number of nitrogens with two attached hydrogens (primary N) is 1. The van der Waals surface area contributed by atoms with Crippen molar-refractivity contribution in [3.63, 3.8) is 0 Å². The minimum Gasteiger partial charge on any atom is -0.330 e. The first-order valence-electron chi connectivity index (χ1n) is 6.59. The van der Waals surface area contributed by atoms with Gasteiger partial charge in [0.15, 0.2) is 0 Å². The van der Waals surface area contributed by atoms with Gasteiger partial charge in [-0.3, -0.25) is 4.90 Å². The van der Waals surface area contributed by atoms with Crippen LogP contribution in [0.3, 0.4) is 0 Å². The van der Waals surface area contributed by atoms with Gasteiger partial charge in [0.1, 0.15) is 12.2 Å². The van der Waals surface area contributed by atoms with Crippen molar-refractivity contribution < 1.29 is 0 Å². The minimum absolute atomic E-state index is 0.712. The maximum atomic E-state index is 5.61. The minimum atomic E-state index is 0.712. The molecule has 1 heterocycles. The highest BCUT2D eigenvalue weighted by molar-refractivity contribution is 5.14. The van der Waals surface area contributed by atoms with E-state index in [9.17, 15) is 0 Å². The Bertz CT molecular complexity index is 480. The third kappa shape index (κ3) is 4.15. The molecule has 0 fully saturated rings. The Hall–Kier alpha value is -1.72. The van der Waals surface area contributed by atoms with Gasteiger partial charge in [-0.15, -0.1) is 10.2 Å². The van der Waals surface area contributed by atoms with Gasteiger partial charge in [-0.2, -0.15) is 0 Å². The fourth-order valence-corrected chi connectivity index (χ4v) is 2.02. The molecule has 5 heteroatoms. The number of nitrogens with zero attached hydrogens (tertiary/aromatic N) is 4. The Balaban J connectivity index is 2.01. The normalized spacial score (nSPS) is 11.1. The van der Waals surface area contributed by atoms with E-state index in [4.69, 9.17) is 5.73 Å². The van der Waals surface area contributed by atoms with Gasteiger partial charge in [0.05, 0.1) is 6.54 Å². The van der Waals surface area contributed by atoms with Crippen LogP contribution in [0.4, 0.5) is 0 Å². The standard InChI is InChI=1S/C14H21N5/c1-18-12-16-17-14(18)11-19(9-5-8-15)10-13-6-3-2-4-7-13/h2-4,6-7,12H,5,8-11,15H2,1H3. The van der Waals surface area contributed by atoms with E-state index >= 15 is 0 Å². The number of rotatable bonds is 7. The van der Waals surface area contributed by atoms with Crippen LogP contribution in [0.5, 0.6) is 0 Å². The smallest absolute Gasteiger partial charge is 0.146 e. The number of aromatic nitrogens is 3. The molecule has 0 amide bonds. The zero-order valence-corrected chi connectivity index (χ0v) is 11.4. The van der Waals surface area contributed by atoms with Crippen LogP contribution in [0, 0.1) is 0 Å². The van der Waals surface area contributed by atoms with Gasteiger partial charge in [-0.25, -0.2) is 0 Å². The molecule has 1 aromatic carbocycles. The molecule has 2 aromatic rings. The predicted molar refractivity (Wildman–Crippen MR) is 75.2 cm³/mol. The lowest BCUT2D eigenvalue weighted by Gasteiger charge is -2.21. The molecule has 0 bridgehead atoms. The number of hydrogen-bond donors (Lipinski definition) is 1. The van der Waals surface area contributed by atoms with E-state index in [0.717, 1.165) is 31.9 Å². The van der Waals surface area contributed by atoms with E-state index in [-0.39, 0.29) is 0 Å². The third-order valence-electron chi connectivity index (χ3n) is 3.10. The molecule has 1 aromatic heterocycles. The Kier molecular flexibility index (Phi) is 5.06. The summed E-state index contributed by atoms with van der Waals surface area (Å²) < 4.78 is 1.96. The summed E-state index contributed by atoms with van der Waals surface area (Å²) >= 11 is 0. The lowest BCUT2D eigenvalue weighted by Crippen LogP contribution is -2.27. The van der Waals surface area contributed by atoms with Crippen molar-refractivity contribution >= 4 is 0 Å². The fraction of sp³-hybridized carbons (Fsp3) is 0.429. The van der Waals surface area contributed by atoms with Crippen LogP contribution in [-0.2, 0) is 20.1 Å². The summed E-state index contributed by atoms with van der Waals surface area (Å²) in [5.74, 6) is 0.980. The molecule has 0 atom stereocenters. The molecule has 102 valence electrons. The van der Waals surface area contributed by atoms with Crippen LogP contribution < -0.4 is 5.73 Å². The molecular formula is C14H21N5. The third-order valence-corrected chi connectivity index (χ3v) is 3.10. The molecule has 2 rings (SSSR count). The van der Waals surface area contributed by atoms with Gasteiger partial charge in [0.2, 0.25) is 0 Å². The Morgan fingerprint density at radius 2 is 2.00 bits per heavy atom. The zero-order valence-electron chi connectivity index (χ0n) is 11.4. The second-order valence-corrected chi connectivity index (χ2v) is 4.70. The van der Waals surface area contributed by atoms with Crippen molar-refractivity contribution in [3.05, 3.63) is 48.0 Å². The number of hydrogen-bond acceptors (Lipinski definition) is 4. The van der Waals surface area contributed by atoms with Crippen LogP contribution in [0.25, 0.3) is 0 Å². The first kappa shape index (κ1) is 13.7.